The van der Waals surface area contributed by atoms with E-state index in [-0.39, 0.29) is 0 Å². The van der Waals surface area contributed by atoms with Gasteiger partial charge in [0.1, 0.15) is 5.75 Å². The first kappa shape index (κ1) is 12.5. The number of ether oxygens (including phenoxy) is 2. The van der Waals surface area contributed by atoms with E-state index in [0.29, 0.717) is 6.79 Å². The molecule has 0 radical (unpaired) electrons. The second-order valence-electron chi connectivity index (χ2n) is 3.69. The van der Waals surface area contributed by atoms with E-state index >= 15 is 0 Å². The van der Waals surface area contributed by atoms with Gasteiger partial charge in [-0.25, -0.2) is 0 Å². The first-order valence-corrected chi connectivity index (χ1v) is 5.67. The van der Waals surface area contributed by atoms with Crippen molar-refractivity contribution in [3.05, 3.63) is 26.7 Å². The lowest BCUT2D eigenvalue weighted by molar-refractivity contribution is 0.0500. The lowest BCUT2D eigenvalue weighted by Crippen LogP contribution is -2.05. The zero-order chi connectivity index (χ0) is 11.6. The molecule has 0 saturated carbocycles. The van der Waals surface area contributed by atoms with E-state index in [1.165, 1.54) is 26.7 Å². The van der Waals surface area contributed by atoms with Crippen molar-refractivity contribution in [3.8, 4) is 5.75 Å². The monoisotopic (exact) mass is 272 g/mol. The van der Waals surface area contributed by atoms with Gasteiger partial charge in [-0.05, 0) is 49.9 Å². The van der Waals surface area contributed by atoms with Crippen LogP contribution in [0.2, 0.25) is 0 Å². The quantitative estimate of drug-likeness (QED) is 0.782. The van der Waals surface area contributed by atoms with E-state index in [1.807, 2.05) is 0 Å². The predicted molar refractivity (Wildman–Crippen MR) is 65.6 cm³/mol. The molecule has 0 aliphatic heterocycles. The fourth-order valence-corrected chi connectivity index (χ4v) is 2.16. The standard InChI is InChI=1S/C12H17BrO2/c1-7-9(3)12(15-6-14-5)10(4)8(2)11(7)13/h6H2,1-5H3. The Morgan fingerprint density at radius 2 is 1.40 bits per heavy atom. The normalized spacial score (nSPS) is 10.5. The van der Waals surface area contributed by atoms with Crippen LogP contribution in [0.25, 0.3) is 0 Å². The van der Waals surface area contributed by atoms with Crippen LogP contribution in [0.4, 0.5) is 0 Å². The summed E-state index contributed by atoms with van der Waals surface area (Å²) in [5.41, 5.74) is 4.79. The highest BCUT2D eigenvalue weighted by Gasteiger charge is 2.13. The molecule has 84 valence electrons. The van der Waals surface area contributed by atoms with E-state index < -0.39 is 0 Å². The van der Waals surface area contributed by atoms with Gasteiger partial charge in [0.25, 0.3) is 0 Å². The summed E-state index contributed by atoms with van der Waals surface area (Å²) in [6.45, 7) is 8.61. The summed E-state index contributed by atoms with van der Waals surface area (Å²) in [7, 11) is 1.63. The second kappa shape index (κ2) is 4.99. The lowest BCUT2D eigenvalue weighted by Gasteiger charge is -2.17. The van der Waals surface area contributed by atoms with E-state index in [9.17, 15) is 0 Å². The minimum absolute atomic E-state index is 0.294. The van der Waals surface area contributed by atoms with Crippen molar-refractivity contribution >= 4 is 15.9 Å². The molecule has 2 nitrogen and oxygen atoms in total. The highest BCUT2D eigenvalue weighted by atomic mass is 79.9. The summed E-state index contributed by atoms with van der Waals surface area (Å²) >= 11 is 3.60. The average molecular weight is 273 g/mol. The van der Waals surface area contributed by atoms with Gasteiger partial charge >= 0.3 is 0 Å². The van der Waals surface area contributed by atoms with Crippen molar-refractivity contribution < 1.29 is 9.47 Å². The molecule has 0 saturated heterocycles. The van der Waals surface area contributed by atoms with Gasteiger partial charge in [0.2, 0.25) is 0 Å². The molecule has 3 heteroatoms. The van der Waals surface area contributed by atoms with E-state index in [4.69, 9.17) is 9.47 Å². The fourth-order valence-electron chi connectivity index (χ4n) is 1.57. The minimum Gasteiger partial charge on any atom is -0.467 e. The van der Waals surface area contributed by atoms with E-state index in [2.05, 4.69) is 43.6 Å². The molecule has 1 aromatic rings. The number of halogens is 1. The molecule has 0 amide bonds. The van der Waals surface area contributed by atoms with Crippen molar-refractivity contribution in [2.24, 2.45) is 0 Å². The number of rotatable bonds is 3. The van der Waals surface area contributed by atoms with Crippen LogP contribution in [-0.4, -0.2) is 13.9 Å². The van der Waals surface area contributed by atoms with Crippen LogP contribution < -0.4 is 4.74 Å². The van der Waals surface area contributed by atoms with Gasteiger partial charge in [-0.2, -0.15) is 0 Å². The Morgan fingerprint density at radius 1 is 0.933 bits per heavy atom. The summed E-state index contributed by atoms with van der Waals surface area (Å²) in [5.74, 6) is 0.940. The van der Waals surface area contributed by atoms with Gasteiger partial charge in [-0.1, -0.05) is 15.9 Å². The Morgan fingerprint density at radius 3 is 1.80 bits per heavy atom. The van der Waals surface area contributed by atoms with Crippen LogP contribution in [-0.2, 0) is 4.74 Å². The maximum Gasteiger partial charge on any atom is 0.188 e. The van der Waals surface area contributed by atoms with Gasteiger partial charge in [-0.15, -0.1) is 0 Å². The average Bonchev–Trinajstić information content (AvgIpc) is 2.24. The third-order valence-electron chi connectivity index (χ3n) is 2.79. The Balaban J connectivity index is 3.26. The van der Waals surface area contributed by atoms with Crippen molar-refractivity contribution in [1.82, 2.24) is 0 Å². The Hall–Kier alpha value is -0.540. The molecular formula is C12H17BrO2. The van der Waals surface area contributed by atoms with Crippen molar-refractivity contribution in [2.75, 3.05) is 13.9 Å². The number of methoxy groups -OCH3 is 1. The molecule has 0 aliphatic rings. The molecule has 15 heavy (non-hydrogen) atoms. The highest BCUT2D eigenvalue weighted by molar-refractivity contribution is 9.10. The summed E-state index contributed by atoms with van der Waals surface area (Å²) in [6, 6.07) is 0. The largest absolute Gasteiger partial charge is 0.467 e. The lowest BCUT2D eigenvalue weighted by atomic mass is 10.0. The zero-order valence-corrected chi connectivity index (χ0v) is 11.5. The van der Waals surface area contributed by atoms with Crippen molar-refractivity contribution in [2.45, 2.75) is 27.7 Å². The van der Waals surface area contributed by atoms with Crippen LogP contribution in [0.1, 0.15) is 22.3 Å². The third kappa shape index (κ3) is 2.34. The van der Waals surface area contributed by atoms with Gasteiger partial charge in [-0.3, -0.25) is 0 Å². The minimum atomic E-state index is 0.294. The summed E-state index contributed by atoms with van der Waals surface area (Å²) in [5, 5.41) is 0. The van der Waals surface area contributed by atoms with Gasteiger partial charge < -0.3 is 9.47 Å². The van der Waals surface area contributed by atoms with E-state index in [1.54, 1.807) is 7.11 Å². The molecule has 1 aromatic carbocycles. The van der Waals surface area contributed by atoms with Crippen LogP contribution in [0.5, 0.6) is 5.75 Å². The zero-order valence-electron chi connectivity index (χ0n) is 9.90. The van der Waals surface area contributed by atoms with Crippen LogP contribution in [0.3, 0.4) is 0 Å². The van der Waals surface area contributed by atoms with Crippen molar-refractivity contribution in [3.63, 3.8) is 0 Å². The topological polar surface area (TPSA) is 18.5 Å². The fraction of sp³-hybridized carbons (Fsp3) is 0.500. The maximum atomic E-state index is 5.59. The Kier molecular flexibility index (Phi) is 4.17. The molecule has 0 atom stereocenters. The van der Waals surface area contributed by atoms with Crippen LogP contribution in [0, 0.1) is 27.7 Å². The van der Waals surface area contributed by atoms with Crippen LogP contribution in [0.15, 0.2) is 4.47 Å². The van der Waals surface area contributed by atoms with Gasteiger partial charge in [0.05, 0.1) is 0 Å². The SMILES string of the molecule is COCOc1c(C)c(C)c(Br)c(C)c1C. The number of hydrogen-bond acceptors (Lipinski definition) is 2. The molecule has 0 N–H and O–H groups in total. The van der Waals surface area contributed by atoms with Gasteiger partial charge in [0.15, 0.2) is 6.79 Å². The first-order valence-electron chi connectivity index (χ1n) is 4.88. The molecule has 0 unspecified atom stereocenters. The Labute approximate surface area is 99.7 Å². The van der Waals surface area contributed by atoms with Gasteiger partial charge in [0, 0.05) is 11.6 Å². The molecule has 0 aliphatic carbocycles. The molecule has 0 aromatic heterocycles. The summed E-state index contributed by atoms with van der Waals surface area (Å²) < 4.78 is 11.7. The molecule has 0 bridgehead atoms. The maximum absolute atomic E-state index is 5.59. The van der Waals surface area contributed by atoms with Crippen LogP contribution >= 0.6 is 15.9 Å². The Bertz CT molecular complexity index is 343. The molecular weight excluding hydrogens is 256 g/mol. The smallest absolute Gasteiger partial charge is 0.188 e. The number of hydrogen-bond donors (Lipinski definition) is 0. The first-order chi connectivity index (χ1) is 7.00. The van der Waals surface area contributed by atoms with E-state index in [0.717, 1.165) is 5.75 Å². The number of benzene rings is 1. The summed E-state index contributed by atoms with van der Waals surface area (Å²) in [6.07, 6.45) is 0. The third-order valence-corrected chi connectivity index (χ3v) is 3.98. The molecule has 0 fully saturated rings. The molecule has 1 rings (SSSR count). The molecule has 0 heterocycles. The second-order valence-corrected chi connectivity index (χ2v) is 4.49. The predicted octanol–water partition coefficient (Wildman–Crippen LogP) is 3.67. The highest BCUT2D eigenvalue weighted by Crippen LogP contribution is 2.35. The molecule has 0 spiro atoms. The van der Waals surface area contributed by atoms with Crippen molar-refractivity contribution in [1.29, 1.82) is 0 Å². The summed E-state index contributed by atoms with van der Waals surface area (Å²) in [4.78, 5) is 0.